The van der Waals surface area contributed by atoms with Gasteiger partial charge in [-0.05, 0) is 33.6 Å². The molecule has 0 bridgehead atoms. The summed E-state index contributed by atoms with van der Waals surface area (Å²) in [4.78, 5) is 0. The lowest BCUT2D eigenvalue weighted by Gasteiger charge is -2.14. The zero-order valence-electron chi connectivity index (χ0n) is 11.0. The third-order valence-corrected chi connectivity index (χ3v) is 3.64. The van der Waals surface area contributed by atoms with Crippen LogP contribution in [0.1, 0.15) is 17.2 Å². The van der Waals surface area contributed by atoms with Gasteiger partial charge in [0, 0.05) is 18.6 Å². The molecule has 0 saturated heterocycles. The summed E-state index contributed by atoms with van der Waals surface area (Å²) >= 11 is 3.29. The number of aliphatic hydroxyl groups excluding tert-OH is 1. The van der Waals surface area contributed by atoms with Gasteiger partial charge in [-0.2, -0.15) is 0 Å². The van der Waals surface area contributed by atoms with Gasteiger partial charge in [-0.15, -0.1) is 0 Å². The number of aliphatic hydroxyl groups is 1. The molecule has 0 amide bonds. The maximum Gasteiger partial charge on any atom is 0.134 e. The Morgan fingerprint density at radius 3 is 2.29 bits per heavy atom. The quantitative estimate of drug-likeness (QED) is 0.887. The lowest BCUT2D eigenvalue weighted by atomic mass is 10.0. The molecule has 2 aromatic rings. The summed E-state index contributed by atoms with van der Waals surface area (Å²) in [7, 11) is 1.51. The van der Waals surface area contributed by atoms with Crippen LogP contribution in [0.15, 0.2) is 34.8 Å². The Labute approximate surface area is 128 Å². The van der Waals surface area contributed by atoms with Gasteiger partial charge in [-0.1, -0.05) is 6.07 Å². The zero-order chi connectivity index (χ0) is 15.6. The molecule has 0 aliphatic carbocycles. The maximum atomic E-state index is 13.6. The average molecular weight is 361 g/mol. The van der Waals surface area contributed by atoms with Crippen LogP contribution in [-0.2, 0) is 6.42 Å². The Morgan fingerprint density at radius 2 is 1.76 bits per heavy atom. The van der Waals surface area contributed by atoms with Gasteiger partial charge in [0.15, 0.2) is 0 Å². The Balaban J connectivity index is 2.26. The molecule has 2 aromatic carbocycles. The van der Waals surface area contributed by atoms with E-state index in [2.05, 4.69) is 15.9 Å². The number of hydrogen-bond acceptors (Lipinski definition) is 2. The minimum atomic E-state index is -1.41. The lowest BCUT2D eigenvalue weighted by molar-refractivity contribution is 0.168. The van der Waals surface area contributed by atoms with Crippen molar-refractivity contribution >= 4 is 15.9 Å². The van der Waals surface area contributed by atoms with Crippen molar-refractivity contribution in [2.24, 2.45) is 0 Å². The molecule has 1 N–H and O–H groups in total. The molecule has 2 nitrogen and oxygen atoms in total. The predicted molar refractivity (Wildman–Crippen MR) is 75.7 cm³/mol. The molecule has 0 heterocycles. The van der Waals surface area contributed by atoms with Crippen molar-refractivity contribution in [2.75, 3.05) is 7.11 Å². The van der Waals surface area contributed by atoms with Crippen LogP contribution in [0.25, 0.3) is 0 Å². The summed E-state index contributed by atoms with van der Waals surface area (Å²) < 4.78 is 45.8. The Hall–Kier alpha value is -1.53. The SMILES string of the molecule is COc1ccc(CC(O)c2c(F)cc(F)cc2F)cc1Br. The molecule has 6 heteroatoms. The summed E-state index contributed by atoms with van der Waals surface area (Å²) in [6, 6.07) is 6.12. The first-order valence-electron chi connectivity index (χ1n) is 6.07. The molecule has 0 fully saturated rings. The Kier molecular flexibility index (Phi) is 4.90. The smallest absolute Gasteiger partial charge is 0.134 e. The van der Waals surface area contributed by atoms with Crippen molar-refractivity contribution in [2.45, 2.75) is 12.5 Å². The largest absolute Gasteiger partial charge is 0.496 e. The topological polar surface area (TPSA) is 29.5 Å². The summed E-state index contributed by atoms with van der Waals surface area (Å²) in [5.74, 6) is -2.62. The summed E-state index contributed by atoms with van der Waals surface area (Å²) in [5.41, 5.74) is 0.113. The highest BCUT2D eigenvalue weighted by Gasteiger charge is 2.20. The first-order valence-corrected chi connectivity index (χ1v) is 6.86. The summed E-state index contributed by atoms with van der Waals surface area (Å²) in [6.07, 6.45) is -1.42. The van der Waals surface area contributed by atoms with Crippen LogP contribution >= 0.6 is 15.9 Å². The Morgan fingerprint density at radius 1 is 1.14 bits per heavy atom. The number of methoxy groups -OCH3 is 1. The predicted octanol–water partition coefficient (Wildman–Crippen LogP) is 4.15. The van der Waals surface area contributed by atoms with E-state index in [0.29, 0.717) is 27.9 Å². The molecule has 1 unspecified atom stereocenters. The van der Waals surface area contributed by atoms with Gasteiger partial charge in [0.2, 0.25) is 0 Å². The molecule has 0 saturated carbocycles. The third kappa shape index (κ3) is 3.57. The minimum Gasteiger partial charge on any atom is -0.496 e. The molecule has 21 heavy (non-hydrogen) atoms. The van der Waals surface area contributed by atoms with E-state index in [4.69, 9.17) is 4.74 Å². The zero-order valence-corrected chi connectivity index (χ0v) is 12.6. The fourth-order valence-corrected chi connectivity index (χ4v) is 2.62. The van der Waals surface area contributed by atoms with Crippen molar-refractivity contribution < 1.29 is 23.0 Å². The second-order valence-electron chi connectivity index (χ2n) is 4.47. The van der Waals surface area contributed by atoms with Gasteiger partial charge in [0.1, 0.15) is 23.2 Å². The molecule has 0 spiro atoms. The van der Waals surface area contributed by atoms with E-state index >= 15 is 0 Å². The number of benzene rings is 2. The highest BCUT2D eigenvalue weighted by molar-refractivity contribution is 9.10. The highest BCUT2D eigenvalue weighted by Crippen LogP contribution is 2.29. The first-order chi connectivity index (χ1) is 9.92. The number of ether oxygens (including phenoxy) is 1. The fourth-order valence-electron chi connectivity index (χ4n) is 2.03. The monoisotopic (exact) mass is 360 g/mol. The van der Waals surface area contributed by atoms with Crippen LogP contribution < -0.4 is 4.74 Å². The van der Waals surface area contributed by atoms with E-state index in [1.54, 1.807) is 18.2 Å². The second kappa shape index (κ2) is 6.49. The first kappa shape index (κ1) is 15.9. The van der Waals surface area contributed by atoms with Crippen molar-refractivity contribution in [3.8, 4) is 5.75 Å². The van der Waals surface area contributed by atoms with Crippen LogP contribution in [0, 0.1) is 17.5 Å². The van der Waals surface area contributed by atoms with E-state index in [1.807, 2.05) is 0 Å². The van der Waals surface area contributed by atoms with Crippen LogP contribution in [-0.4, -0.2) is 12.2 Å². The molecule has 2 rings (SSSR count). The number of rotatable bonds is 4. The van der Waals surface area contributed by atoms with Gasteiger partial charge in [0.25, 0.3) is 0 Å². The van der Waals surface area contributed by atoms with Crippen LogP contribution in [0.2, 0.25) is 0 Å². The van der Waals surface area contributed by atoms with Gasteiger partial charge >= 0.3 is 0 Å². The Bertz CT molecular complexity index is 638. The number of halogens is 4. The summed E-state index contributed by atoms with van der Waals surface area (Å²) in [6.45, 7) is 0. The molecule has 1 atom stereocenters. The molecule has 0 aliphatic heterocycles. The van der Waals surface area contributed by atoms with Crippen LogP contribution in [0.5, 0.6) is 5.75 Å². The minimum absolute atomic E-state index is 0.0118. The second-order valence-corrected chi connectivity index (χ2v) is 5.33. The fraction of sp³-hybridized carbons (Fsp3) is 0.200. The molecule has 0 aliphatic rings. The third-order valence-electron chi connectivity index (χ3n) is 3.02. The van der Waals surface area contributed by atoms with Crippen LogP contribution in [0.3, 0.4) is 0 Å². The van der Waals surface area contributed by atoms with E-state index < -0.39 is 29.1 Å². The lowest BCUT2D eigenvalue weighted by Crippen LogP contribution is -2.08. The standard InChI is InChI=1S/C15H12BrF3O2/c1-21-14-3-2-8(4-10(14)16)5-13(20)15-11(18)6-9(17)7-12(15)19/h2-4,6-7,13,20H,5H2,1H3. The van der Waals surface area contributed by atoms with Crippen molar-refractivity contribution in [3.63, 3.8) is 0 Å². The molecular weight excluding hydrogens is 349 g/mol. The maximum absolute atomic E-state index is 13.6. The summed E-state index contributed by atoms with van der Waals surface area (Å²) in [5, 5.41) is 9.99. The number of hydrogen-bond donors (Lipinski definition) is 1. The molecule has 112 valence electrons. The van der Waals surface area contributed by atoms with Crippen LogP contribution in [0.4, 0.5) is 13.2 Å². The van der Waals surface area contributed by atoms with Gasteiger partial charge < -0.3 is 9.84 Å². The molecular formula is C15H12BrF3O2. The van der Waals surface area contributed by atoms with E-state index in [9.17, 15) is 18.3 Å². The normalized spacial score (nSPS) is 12.3. The molecule has 0 radical (unpaired) electrons. The van der Waals surface area contributed by atoms with E-state index in [-0.39, 0.29) is 6.42 Å². The van der Waals surface area contributed by atoms with Gasteiger partial charge in [-0.25, -0.2) is 13.2 Å². The van der Waals surface area contributed by atoms with Crippen molar-refractivity contribution in [1.29, 1.82) is 0 Å². The van der Waals surface area contributed by atoms with Gasteiger partial charge in [0.05, 0.1) is 23.2 Å². The van der Waals surface area contributed by atoms with Gasteiger partial charge in [-0.3, -0.25) is 0 Å². The van der Waals surface area contributed by atoms with Crippen molar-refractivity contribution in [3.05, 3.63) is 63.4 Å². The van der Waals surface area contributed by atoms with E-state index in [0.717, 1.165) is 0 Å². The van der Waals surface area contributed by atoms with Crippen molar-refractivity contribution in [1.82, 2.24) is 0 Å². The van der Waals surface area contributed by atoms with E-state index in [1.165, 1.54) is 7.11 Å². The average Bonchev–Trinajstić information content (AvgIpc) is 2.37. The molecule has 0 aromatic heterocycles. The highest BCUT2D eigenvalue weighted by atomic mass is 79.9.